The number of aliphatic hydroxyl groups excluding tert-OH is 1. The van der Waals surface area contributed by atoms with E-state index in [1.807, 2.05) is 11.8 Å². The predicted octanol–water partition coefficient (Wildman–Crippen LogP) is 2.56. The van der Waals surface area contributed by atoms with Crippen molar-refractivity contribution in [2.45, 2.75) is 62.6 Å². The van der Waals surface area contributed by atoms with Crippen LogP contribution in [0.5, 0.6) is 0 Å². The van der Waals surface area contributed by atoms with Crippen LogP contribution in [0.1, 0.15) is 50.7 Å². The van der Waals surface area contributed by atoms with Gasteiger partial charge in [-0.15, -0.1) is 0 Å². The van der Waals surface area contributed by atoms with Gasteiger partial charge in [0.2, 0.25) is 5.89 Å². The van der Waals surface area contributed by atoms with E-state index in [-0.39, 0.29) is 6.10 Å². The fraction of sp³-hybridized carbons (Fsp3) is 0.833. The van der Waals surface area contributed by atoms with Crippen molar-refractivity contribution < 1.29 is 9.63 Å². The zero-order chi connectivity index (χ0) is 12.1. The molecule has 5 heteroatoms. The number of hydrogen-bond acceptors (Lipinski definition) is 5. The molecular formula is C12H20N2O2S. The lowest BCUT2D eigenvalue weighted by molar-refractivity contribution is 0.180. The summed E-state index contributed by atoms with van der Waals surface area (Å²) in [6, 6.07) is 0. The minimum absolute atomic E-state index is 0.307. The first-order valence-electron chi connectivity index (χ1n) is 6.35. The van der Waals surface area contributed by atoms with Crippen molar-refractivity contribution in [1.82, 2.24) is 10.1 Å². The SMILES string of the molecule is CC(O)CCc1nc(CSC2CCCC2)no1. The van der Waals surface area contributed by atoms with Gasteiger partial charge in [0.1, 0.15) is 0 Å². The summed E-state index contributed by atoms with van der Waals surface area (Å²) < 4.78 is 5.14. The standard InChI is InChI=1S/C12H20N2O2S/c1-9(15)6-7-12-13-11(14-16-12)8-17-10-4-2-3-5-10/h9-10,15H,2-8H2,1H3. The highest BCUT2D eigenvalue weighted by Crippen LogP contribution is 2.30. The maximum absolute atomic E-state index is 9.17. The van der Waals surface area contributed by atoms with Crippen molar-refractivity contribution in [2.75, 3.05) is 0 Å². The molecule has 0 saturated heterocycles. The zero-order valence-electron chi connectivity index (χ0n) is 10.3. The Bertz CT molecular complexity index is 335. The highest BCUT2D eigenvalue weighted by atomic mass is 32.2. The molecule has 1 aromatic rings. The van der Waals surface area contributed by atoms with Crippen molar-refractivity contribution in [3.63, 3.8) is 0 Å². The van der Waals surface area contributed by atoms with Crippen LogP contribution in [0, 0.1) is 0 Å². The van der Waals surface area contributed by atoms with Gasteiger partial charge in [-0.2, -0.15) is 16.7 Å². The molecule has 0 aromatic carbocycles. The third-order valence-corrected chi connectivity index (χ3v) is 4.40. The molecule has 0 aliphatic heterocycles. The lowest BCUT2D eigenvalue weighted by Crippen LogP contribution is -2.01. The van der Waals surface area contributed by atoms with E-state index in [1.165, 1.54) is 25.7 Å². The summed E-state index contributed by atoms with van der Waals surface area (Å²) in [6.07, 6.45) is 6.43. The second-order valence-electron chi connectivity index (χ2n) is 4.71. The summed E-state index contributed by atoms with van der Waals surface area (Å²) in [6.45, 7) is 1.77. The van der Waals surface area contributed by atoms with Crippen LogP contribution in [0.4, 0.5) is 0 Å². The number of hydrogen-bond donors (Lipinski definition) is 1. The average molecular weight is 256 g/mol. The van der Waals surface area contributed by atoms with E-state index >= 15 is 0 Å². The van der Waals surface area contributed by atoms with Gasteiger partial charge in [0.25, 0.3) is 0 Å². The van der Waals surface area contributed by atoms with Crippen molar-refractivity contribution in [3.8, 4) is 0 Å². The van der Waals surface area contributed by atoms with Crippen LogP contribution in [-0.4, -0.2) is 26.6 Å². The summed E-state index contributed by atoms with van der Waals surface area (Å²) in [5.41, 5.74) is 0. The van der Waals surface area contributed by atoms with E-state index in [0.29, 0.717) is 18.7 Å². The minimum Gasteiger partial charge on any atom is -0.393 e. The third-order valence-electron chi connectivity index (χ3n) is 3.04. The molecule has 1 aliphatic carbocycles. The number of aromatic nitrogens is 2. The van der Waals surface area contributed by atoms with Crippen molar-refractivity contribution in [2.24, 2.45) is 0 Å². The minimum atomic E-state index is -0.307. The number of aliphatic hydroxyl groups is 1. The average Bonchev–Trinajstić information content (AvgIpc) is 2.95. The summed E-state index contributed by atoms with van der Waals surface area (Å²) in [5, 5.41) is 13.9. The quantitative estimate of drug-likeness (QED) is 0.847. The van der Waals surface area contributed by atoms with Crippen LogP contribution in [0.15, 0.2) is 4.52 Å². The fourth-order valence-electron chi connectivity index (χ4n) is 2.03. The summed E-state index contributed by atoms with van der Waals surface area (Å²) in [4.78, 5) is 4.33. The van der Waals surface area contributed by atoms with E-state index in [2.05, 4.69) is 10.1 Å². The molecule has 0 spiro atoms. The second kappa shape index (κ2) is 6.40. The van der Waals surface area contributed by atoms with Gasteiger partial charge in [0.15, 0.2) is 5.82 Å². The van der Waals surface area contributed by atoms with Gasteiger partial charge in [0.05, 0.1) is 11.9 Å². The first kappa shape index (κ1) is 12.9. The van der Waals surface area contributed by atoms with Crippen LogP contribution >= 0.6 is 11.8 Å². The molecular weight excluding hydrogens is 236 g/mol. The molecule has 0 amide bonds. The van der Waals surface area contributed by atoms with Crippen LogP contribution in [0.2, 0.25) is 0 Å². The normalized spacial score (nSPS) is 18.7. The Labute approximate surface area is 106 Å². The van der Waals surface area contributed by atoms with Crippen LogP contribution in [-0.2, 0) is 12.2 Å². The largest absolute Gasteiger partial charge is 0.393 e. The molecule has 1 saturated carbocycles. The Morgan fingerprint density at radius 2 is 2.24 bits per heavy atom. The van der Waals surface area contributed by atoms with Crippen molar-refractivity contribution >= 4 is 11.8 Å². The fourth-order valence-corrected chi connectivity index (χ4v) is 3.20. The molecule has 4 nitrogen and oxygen atoms in total. The van der Waals surface area contributed by atoms with E-state index in [1.54, 1.807) is 6.92 Å². The lowest BCUT2D eigenvalue weighted by atomic mass is 10.2. The first-order valence-corrected chi connectivity index (χ1v) is 7.40. The number of nitrogens with zero attached hydrogens (tertiary/aromatic N) is 2. The van der Waals surface area contributed by atoms with E-state index < -0.39 is 0 Å². The molecule has 1 unspecified atom stereocenters. The molecule has 0 bridgehead atoms. The third kappa shape index (κ3) is 4.32. The maximum Gasteiger partial charge on any atom is 0.226 e. The molecule has 2 rings (SSSR count). The smallest absolute Gasteiger partial charge is 0.226 e. The van der Waals surface area contributed by atoms with Gasteiger partial charge in [-0.3, -0.25) is 0 Å². The van der Waals surface area contributed by atoms with Gasteiger partial charge in [-0.25, -0.2) is 0 Å². The van der Waals surface area contributed by atoms with Gasteiger partial charge in [0, 0.05) is 11.7 Å². The summed E-state index contributed by atoms with van der Waals surface area (Å²) in [7, 11) is 0. The van der Waals surface area contributed by atoms with Gasteiger partial charge >= 0.3 is 0 Å². The van der Waals surface area contributed by atoms with E-state index in [4.69, 9.17) is 4.52 Å². The number of rotatable bonds is 6. The van der Waals surface area contributed by atoms with Crippen molar-refractivity contribution in [3.05, 3.63) is 11.7 Å². The molecule has 1 fully saturated rings. The molecule has 1 aliphatic rings. The monoisotopic (exact) mass is 256 g/mol. The Balaban J connectivity index is 1.73. The molecule has 1 aromatic heterocycles. The molecule has 96 valence electrons. The maximum atomic E-state index is 9.17. The predicted molar refractivity (Wildman–Crippen MR) is 67.9 cm³/mol. The summed E-state index contributed by atoms with van der Waals surface area (Å²) >= 11 is 1.94. The van der Waals surface area contributed by atoms with E-state index in [0.717, 1.165) is 16.8 Å². The summed E-state index contributed by atoms with van der Waals surface area (Å²) in [5.74, 6) is 2.29. The highest BCUT2D eigenvalue weighted by Gasteiger charge is 2.16. The molecule has 1 N–H and O–H groups in total. The molecule has 1 heterocycles. The van der Waals surface area contributed by atoms with Crippen LogP contribution in [0.25, 0.3) is 0 Å². The van der Waals surface area contributed by atoms with Crippen LogP contribution in [0.3, 0.4) is 0 Å². The van der Waals surface area contributed by atoms with Gasteiger partial charge in [-0.1, -0.05) is 18.0 Å². The van der Waals surface area contributed by atoms with E-state index in [9.17, 15) is 5.11 Å². The Hall–Kier alpha value is -0.550. The van der Waals surface area contributed by atoms with Crippen molar-refractivity contribution in [1.29, 1.82) is 0 Å². The molecule has 1 atom stereocenters. The van der Waals surface area contributed by atoms with Crippen LogP contribution < -0.4 is 0 Å². The molecule has 17 heavy (non-hydrogen) atoms. The number of thioether (sulfide) groups is 1. The first-order chi connectivity index (χ1) is 8.24. The topological polar surface area (TPSA) is 59.2 Å². The number of aryl methyl sites for hydroxylation is 1. The lowest BCUT2D eigenvalue weighted by Gasteiger charge is -2.04. The Kier molecular flexibility index (Phi) is 4.86. The van der Waals surface area contributed by atoms with Gasteiger partial charge in [-0.05, 0) is 26.2 Å². The zero-order valence-corrected chi connectivity index (χ0v) is 11.1. The highest BCUT2D eigenvalue weighted by molar-refractivity contribution is 7.99. The Morgan fingerprint density at radius 3 is 2.94 bits per heavy atom. The second-order valence-corrected chi connectivity index (χ2v) is 6.00. The van der Waals surface area contributed by atoms with Gasteiger partial charge < -0.3 is 9.63 Å². The Morgan fingerprint density at radius 1 is 1.47 bits per heavy atom. The molecule has 0 radical (unpaired) electrons.